The monoisotopic (exact) mass is 186 g/mol. The van der Waals surface area contributed by atoms with Crippen LogP contribution >= 0.6 is 0 Å². The number of amides is 1. The summed E-state index contributed by atoms with van der Waals surface area (Å²) in [6.07, 6.45) is 1.19. The molecule has 1 rings (SSSR count). The third-order valence-corrected chi connectivity index (χ3v) is 1.81. The Morgan fingerprint density at radius 3 is 2.93 bits per heavy atom. The molecule has 3 nitrogen and oxygen atoms in total. The fraction of sp³-hybridized carbons (Fsp3) is 0.0909. The Kier molecular flexibility index (Phi) is 3.03. The summed E-state index contributed by atoms with van der Waals surface area (Å²) in [7, 11) is 0. The van der Waals surface area contributed by atoms with Gasteiger partial charge in [0.1, 0.15) is 0 Å². The maximum absolute atomic E-state index is 11.0. The van der Waals surface area contributed by atoms with Gasteiger partial charge in [0.05, 0.1) is 11.6 Å². The van der Waals surface area contributed by atoms with Crippen LogP contribution in [0.3, 0.4) is 0 Å². The molecular weight excluding hydrogens is 176 g/mol. The van der Waals surface area contributed by atoms with Crippen molar-refractivity contribution in [1.82, 2.24) is 0 Å². The van der Waals surface area contributed by atoms with Gasteiger partial charge < -0.3 is 5.32 Å². The highest BCUT2D eigenvalue weighted by atomic mass is 16.1. The zero-order chi connectivity index (χ0) is 10.6. The lowest BCUT2D eigenvalue weighted by Crippen LogP contribution is -2.07. The van der Waals surface area contributed by atoms with Gasteiger partial charge in [-0.25, -0.2) is 0 Å². The molecule has 0 bridgehead atoms. The highest BCUT2D eigenvalue weighted by Gasteiger charge is 2.00. The Bertz CT molecular complexity index is 416. The smallest absolute Gasteiger partial charge is 0.247 e. The van der Waals surface area contributed by atoms with E-state index < -0.39 is 0 Å². The first-order valence-electron chi connectivity index (χ1n) is 4.11. The van der Waals surface area contributed by atoms with Crippen molar-refractivity contribution in [2.24, 2.45) is 0 Å². The Balaban J connectivity index is 2.96. The van der Waals surface area contributed by atoms with Crippen molar-refractivity contribution >= 4 is 11.6 Å². The van der Waals surface area contributed by atoms with E-state index in [2.05, 4.69) is 11.9 Å². The standard InChI is InChI=1S/C11H10N2O/c1-3-11(14)13-10-5-4-8(2)9(6-10)7-12/h3-6H,1H2,2H3,(H,13,14). The van der Waals surface area contributed by atoms with Crippen molar-refractivity contribution in [3.8, 4) is 6.07 Å². The summed E-state index contributed by atoms with van der Waals surface area (Å²) in [5, 5.41) is 11.3. The van der Waals surface area contributed by atoms with Crippen molar-refractivity contribution in [1.29, 1.82) is 5.26 Å². The van der Waals surface area contributed by atoms with Crippen LogP contribution in [0.1, 0.15) is 11.1 Å². The molecule has 1 N–H and O–H groups in total. The third kappa shape index (κ3) is 2.20. The van der Waals surface area contributed by atoms with E-state index in [1.54, 1.807) is 18.2 Å². The van der Waals surface area contributed by atoms with Crippen LogP contribution in [0.4, 0.5) is 5.69 Å². The summed E-state index contributed by atoms with van der Waals surface area (Å²) in [5.41, 5.74) is 2.06. The molecule has 0 unspecified atom stereocenters. The molecule has 0 aliphatic carbocycles. The Labute approximate surface area is 82.7 Å². The van der Waals surface area contributed by atoms with Gasteiger partial charge in [-0.2, -0.15) is 5.26 Å². The van der Waals surface area contributed by atoms with Gasteiger partial charge in [0.15, 0.2) is 0 Å². The first-order chi connectivity index (χ1) is 6.67. The van der Waals surface area contributed by atoms with Gasteiger partial charge in [-0.05, 0) is 30.7 Å². The number of carbonyl (C=O) groups is 1. The molecular formula is C11H10N2O. The largest absolute Gasteiger partial charge is 0.322 e. The SMILES string of the molecule is C=CC(=O)Nc1ccc(C)c(C#N)c1. The quantitative estimate of drug-likeness (QED) is 0.718. The van der Waals surface area contributed by atoms with Crippen LogP contribution in [-0.4, -0.2) is 5.91 Å². The molecule has 70 valence electrons. The van der Waals surface area contributed by atoms with E-state index in [0.29, 0.717) is 11.3 Å². The van der Waals surface area contributed by atoms with Gasteiger partial charge >= 0.3 is 0 Å². The average molecular weight is 186 g/mol. The number of rotatable bonds is 2. The van der Waals surface area contributed by atoms with Crippen molar-refractivity contribution in [3.05, 3.63) is 42.0 Å². The zero-order valence-electron chi connectivity index (χ0n) is 7.87. The molecule has 1 aromatic rings. The number of hydrogen-bond acceptors (Lipinski definition) is 2. The fourth-order valence-electron chi connectivity index (χ4n) is 1.01. The van der Waals surface area contributed by atoms with Crippen LogP contribution in [0.5, 0.6) is 0 Å². The number of nitrogens with one attached hydrogen (secondary N) is 1. The van der Waals surface area contributed by atoms with Crippen LogP contribution < -0.4 is 5.32 Å². The van der Waals surface area contributed by atoms with E-state index in [1.807, 2.05) is 13.0 Å². The van der Waals surface area contributed by atoms with Crippen molar-refractivity contribution in [2.75, 3.05) is 5.32 Å². The molecule has 3 heteroatoms. The summed E-state index contributed by atoms with van der Waals surface area (Å²) in [6, 6.07) is 7.22. The molecule has 0 saturated carbocycles. The Morgan fingerprint density at radius 1 is 1.64 bits per heavy atom. The van der Waals surface area contributed by atoms with Crippen LogP contribution in [0.2, 0.25) is 0 Å². The van der Waals surface area contributed by atoms with Crippen LogP contribution in [0.15, 0.2) is 30.9 Å². The minimum Gasteiger partial charge on any atom is -0.322 e. The van der Waals surface area contributed by atoms with Crippen LogP contribution in [-0.2, 0) is 4.79 Å². The Hall–Kier alpha value is -2.08. The number of benzene rings is 1. The number of nitrogens with zero attached hydrogens (tertiary/aromatic N) is 1. The average Bonchev–Trinajstić information content (AvgIpc) is 2.20. The summed E-state index contributed by atoms with van der Waals surface area (Å²) >= 11 is 0. The van der Waals surface area contributed by atoms with E-state index in [9.17, 15) is 4.79 Å². The van der Waals surface area contributed by atoms with E-state index in [1.165, 1.54) is 6.08 Å². The normalized spacial score (nSPS) is 8.86. The van der Waals surface area contributed by atoms with E-state index in [0.717, 1.165) is 5.56 Å². The highest BCUT2D eigenvalue weighted by Crippen LogP contribution is 2.14. The third-order valence-electron chi connectivity index (χ3n) is 1.81. The van der Waals surface area contributed by atoms with Gasteiger partial charge in [0, 0.05) is 5.69 Å². The molecule has 0 heterocycles. The number of aryl methyl sites for hydroxylation is 1. The molecule has 0 fully saturated rings. The second kappa shape index (κ2) is 4.24. The van der Waals surface area contributed by atoms with E-state index >= 15 is 0 Å². The first-order valence-corrected chi connectivity index (χ1v) is 4.11. The van der Waals surface area contributed by atoms with Gasteiger partial charge in [-0.15, -0.1) is 0 Å². The summed E-state index contributed by atoms with van der Waals surface area (Å²) in [5.74, 6) is -0.280. The highest BCUT2D eigenvalue weighted by molar-refractivity contribution is 5.98. The molecule has 0 spiro atoms. The summed E-state index contributed by atoms with van der Waals surface area (Å²) in [6.45, 7) is 5.18. The predicted octanol–water partition coefficient (Wildman–Crippen LogP) is 1.99. The second-order valence-corrected chi connectivity index (χ2v) is 2.83. The molecule has 0 atom stereocenters. The molecule has 1 aromatic carbocycles. The molecule has 14 heavy (non-hydrogen) atoms. The lowest BCUT2D eigenvalue weighted by atomic mass is 10.1. The van der Waals surface area contributed by atoms with Gasteiger partial charge in [0.2, 0.25) is 5.91 Å². The van der Waals surface area contributed by atoms with Crippen molar-refractivity contribution < 1.29 is 4.79 Å². The van der Waals surface area contributed by atoms with E-state index in [-0.39, 0.29) is 5.91 Å². The van der Waals surface area contributed by atoms with E-state index in [4.69, 9.17) is 5.26 Å². The van der Waals surface area contributed by atoms with Crippen LogP contribution in [0, 0.1) is 18.3 Å². The van der Waals surface area contributed by atoms with Gasteiger partial charge in [-0.3, -0.25) is 4.79 Å². The molecule has 0 aromatic heterocycles. The van der Waals surface area contributed by atoms with Gasteiger partial charge in [0.25, 0.3) is 0 Å². The number of carbonyl (C=O) groups excluding carboxylic acids is 1. The molecule has 0 aliphatic heterocycles. The topological polar surface area (TPSA) is 52.9 Å². The lowest BCUT2D eigenvalue weighted by molar-refractivity contribution is -0.111. The number of anilines is 1. The zero-order valence-corrected chi connectivity index (χ0v) is 7.87. The first kappa shape index (κ1) is 10.0. The maximum atomic E-state index is 11.0. The minimum atomic E-state index is -0.280. The fourth-order valence-corrected chi connectivity index (χ4v) is 1.01. The van der Waals surface area contributed by atoms with Gasteiger partial charge in [-0.1, -0.05) is 12.6 Å². The molecule has 0 radical (unpaired) electrons. The number of hydrogen-bond donors (Lipinski definition) is 1. The minimum absolute atomic E-state index is 0.280. The molecule has 1 amide bonds. The number of nitriles is 1. The maximum Gasteiger partial charge on any atom is 0.247 e. The predicted molar refractivity (Wildman–Crippen MR) is 54.7 cm³/mol. The van der Waals surface area contributed by atoms with Crippen LogP contribution in [0.25, 0.3) is 0 Å². The molecule has 0 aliphatic rings. The summed E-state index contributed by atoms with van der Waals surface area (Å²) < 4.78 is 0. The van der Waals surface area contributed by atoms with Crippen molar-refractivity contribution in [3.63, 3.8) is 0 Å². The Morgan fingerprint density at radius 2 is 2.36 bits per heavy atom. The second-order valence-electron chi connectivity index (χ2n) is 2.83. The summed E-state index contributed by atoms with van der Waals surface area (Å²) in [4.78, 5) is 11.0. The molecule has 0 saturated heterocycles. The lowest BCUT2D eigenvalue weighted by Gasteiger charge is -2.03. The van der Waals surface area contributed by atoms with Crippen molar-refractivity contribution in [2.45, 2.75) is 6.92 Å².